The van der Waals surface area contributed by atoms with Crippen LogP contribution in [0.3, 0.4) is 0 Å². The van der Waals surface area contributed by atoms with E-state index in [0.29, 0.717) is 6.54 Å². The minimum absolute atomic E-state index is 0.111. The Labute approximate surface area is 114 Å². The fourth-order valence-electron chi connectivity index (χ4n) is 1.68. The fraction of sp³-hybridized carbons (Fsp3) is 0.467. The normalized spacial score (nSPS) is 10.9. The number of hydrogen-bond donors (Lipinski definition) is 1. The third-order valence-corrected chi connectivity index (χ3v) is 2.51. The molecule has 19 heavy (non-hydrogen) atoms. The van der Waals surface area contributed by atoms with E-state index in [4.69, 9.17) is 0 Å². The predicted octanol–water partition coefficient (Wildman–Crippen LogP) is 1.95. The molecule has 1 aromatic carbocycles. The molecule has 4 heteroatoms. The van der Waals surface area contributed by atoms with Gasteiger partial charge in [0.2, 0.25) is 11.8 Å². The van der Waals surface area contributed by atoms with Gasteiger partial charge < -0.3 is 10.2 Å². The van der Waals surface area contributed by atoms with Crippen molar-refractivity contribution in [2.75, 3.05) is 7.05 Å². The van der Waals surface area contributed by atoms with E-state index in [-0.39, 0.29) is 23.8 Å². The van der Waals surface area contributed by atoms with Gasteiger partial charge in [-0.15, -0.1) is 0 Å². The second-order valence-electron chi connectivity index (χ2n) is 5.71. The molecule has 0 bridgehead atoms. The molecule has 0 aliphatic heterocycles. The van der Waals surface area contributed by atoms with Crippen LogP contribution in [0, 0.1) is 0 Å². The van der Waals surface area contributed by atoms with Gasteiger partial charge in [-0.1, -0.05) is 30.3 Å². The lowest BCUT2D eigenvalue weighted by Gasteiger charge is -2.22. The maximum atomic E-state index is 11.9. The first-order valence-electron chi connectivity index (χ1n) is 6.37. The van der Waals surface area contributed by atoms with Gasteiger partial charge in [0, 0.05) is 19.1 Å². The molecule has 0 fully saturated rings. The summed E-state index contributed by atoms with van der Waals surface area (Å²) in [4.78, 5) is 25.1. The number of hydrogen-bond acceptors (Lipinski definition) is 2. The predicted molar refractivity (Wildman–Crippen MR) is 75.4 cm³/mol. The highest BCUT2D eigenvalue weighted by Gasteiger charge is 2.18. The standard InChI is InChI=1S/C15H22N2O2/c1-15(2,3)16-13(18)10-14(19)17(4)11-12-8-6-5-7-9-12/h5-9H,10-11H2,1-4H3,(H,16,18). The van der Waals surface area contributed by atoms with Crippen molar-refractivity contribution >= 4 is 11.8 Å². The largest absolute Gasteiger partial charge is 0.351 e. The monoisotopic (exact) mass is 262 g/mol. The van der Waals surface area contributed by atoms with E-state index >= 15 is 0 Å². The van der Waals surface area contributed by atoms with Crippen LogP contribution in [0.2, 0.25) is 0 Å². The van der Waals surface area contributed by atoms with Crippen LogP contribution in [0.4, 0.5) is 0 Å². The lowest BCUT2D eigenvalue weighted by Crippen LogP contribution is -2.42. The highest BCUT2D eigenvalue weighted by molar-refractivity contribution is 5.97. The summed E-state index contributed by atoms with van der Waals surface area (Å²) in [6.45, 7) is 6.19. The van der Waals surface area contributed by atoms with Gasteiger partial charge in [0.15, 0.2) is 0 Å². The number of rotatable bonds is 4. The van der Waals surface area contributed by atoms with E-state index in [1.807, 2.05) is 51.1 Å². The summed E-state index contributed by atoms with van der Waals surface area (Å²) in [5.74, 6) is -0.414. The quantitative estimate of drug-likeness (QED) is 0.843. The molecule has 0 aliphatic carbocycles. The van der Waals surface area contributed by atoms with Crippen LogP contribution in [0.25, 0.3) is 0 Å². The smallest absolute Gasteiger partial charge is 0.232 e. The summed E-state index contributed by atoms with van der Waals surface area (Å²) in [7, 11) is 1.71. The van der Waals surface area contributed by atoms with Crippen LogP contribution in [0.1, 0.15) is 32.8 Å². The zero-order chi connectivity index (χ0) is 14.5. The third kappa shape index (κ3) is 6.04. The maximum absolute atomic E-state index is 11.9. The lowest BCUT2D eigenvalue weighted by atomic mass is 10.1. The topological polar surface area (TPSA) is 49.4 Å². The second-order valence-corrected chi connectivity index (χ2v) is 5.71. The van der Waals surface area contributed by atoms with E-state index in [0.717, 1.165) is 5.56 Å². The van der Waals surface area contributed by atoms with Crippen molar-refractivity contribution in [2.24, 2.45) is 0 Å². The van der Waals surface area contributed by atoms with Crippen molar-refractivity contribution in [1.29, 1.82) is 0 Å². The minimum atomic E-state index is -0.310. The average molecular weight is 262 g/mol. The molecule has 0 saturated heterocycles. The van der Waals surface area contributed by atoms with E-state index < -0.39 is 0 Å². The summed E-state index contributed by atoms with van der Waals surface area (Å²) in [5, 5.41) is 2.78. The van der Waals surface area contributed by atoms with E-state index in [1.54, 1.807) is 11.9 Å². The van der Waals surface area contributed by atoms with Crippen molar-refractivity contribution < 1.29 is 9.59 Å². The highest BCUT2D eigenvalue weighted by atomic mass is 16.2. The average Bonchev–Trinajstić information content (AvgIpc) is 2.27. The molecule has 0 atom stereocenters. The minimum Gasteiger partial charge on any atom is -0.351 e. The van der Waals surface area contributed by atoms with E-state index in [9.17, 15) is 9.59 Å². The summed E-state index contributed by atoms with van der Waals surface area (Å²) in [5.41, 5.74) is 0.740. The summed E-state index contributed by atoms with van der Waals surface area (Å²) < 4.78 is 0. The Morgan fingerprint density at radius 3 is 2.26 bits per heavy atom. The number of nitrogens with one attached hydrogen (secondary N) is 1. The van der Waals surface area contributed by atoms with Gasteiger partial charge in [0.05, 0.1) is 0 Å². The van der Waals surface area contributed by atoms with Crippen LogP contribution in [0.5, 0.6) is 0 Å². The molecule has 2 amide bonds. The zero-order valence-corrected chi connectivity index (χ0v) is 12.1. The van der Waals surface area contributed by atoms with Crippen molar-refractivity contribution in [2.45, 2.75) is 39.3 Å². The molecular formula is C15H22N2O2. The number of carbonyl (C=O) groups excluding carboxylic acids is 2. The molecule has 0 radical (unpaired) electrons. The van der Waals surface area contributed by atoms with Crippen molar-refractivity contribution in [3.8, 4) is 0 Å². The number of nitrogens with zero attached hydrogens (tertiary/aromatic N) is 1. The molecule has 0 heterocycles. The van der Waals surface area contributed by atoms with Crippen LogP contribution in [-0.4, -0.2) is 29.3 Å². The molecule has 0 aromatic heterocycles. The molecule has 1 aromatic rings. The fourth-order valence-corrected chi connectivity index (χ4v) is 1.68. The molecule has 1 N–H and O–H groups in total. The van der Waals surface area contributed by atoms with E-state index in [1.165, 1.54) is 0 Å². The molecule has 1 rings (SSSR count). The van der Waals surface area contributed by atoms with Crippen LogP contribution in [-0.2, 0) is 16.1 Å². The Bertz CT molecular complexity index is 435. The number of carbonyl (C=O) groups is 2. The first-order valence-corrected chi connectivity index (χ1v) is 6.37. The Morgan fingerprint density at radius 1 is 1.16 bits per heavy atom. The van der Waals surface area contributed by atoms with Gasteiger partial charge >= 0.3 is 0 Å². The van der Waals surface area contributed by atoms with Gasteiger partial charge in [-0.05, 0) is 26.3 Å². The number of benzene rings is 1. The number of amides is 2. The third-order valence-electron chi connectivity index (χ3n) is 2.51. The first-order chi connectivity index (χ1) is 8.78. The van der Waals surface area contributed by atoms with Gasteiger partial charge in [-0.25, -0.2) is 0 Å². The zero-order valence-electron chi connectivity index (χ0n) is 12.1. The van der Waals surface area contributed by atoms with Gasteiger partial charge in [-0.3, -0.25) is 9.59 Å². The molecule has 0 aliphatic rings. The maximum Gasteiger partial charge on any atom is 0.232 e. The van der Waals surface area contributed by atoms with Crippen molar-refractivity contribution in [3.05, 3.63) is 35.9 Å². The highest BCUT2D eigenvalue weighted by Crippen LogP contribution is 2.05. The molecule has 0 spiro atoms. The first kappa shape index (κ1) is 15.2. The lowest BCUT2D eigenvalue weighted by molar-refractivity contribution is -0.136. The molecule has 0 unspecified atom stereocenters. The summed E-state index contributed by atoms with van der Waals surface area (Å²) >= 11 is 0. The van der Waals surface area contributed by atoms with E-state index in [2.05, 4.69) is 5.32 Å². The Kier molecular flexibility index (Phi) is 5.10. The molecule has 4 nitrogen and oxygen atoms in total. The van der Waals surface area contributed by atoms with Gasteiger partial charge in [-0.2, -0.15) is 0 Å². The SMILES string of the molecule is CN(Cc1ccccc1)C(=O)CC(=O)NC(C)(C)C. The van der Waals surface area contributed by atoms with Gasteiger partial charge in [0.25, 0.3) is 0 Å². The summed E-state index contributed by atoms with van der Waals surface area (Å²) in [6, 6.07) is 9.71. The molecule has 0 saturated carbocycles. The Hall–Kier alpha value is -1.84. The Balaban J connectivity index is 2.47. The van der Waals surface area contributed by atoms with Crippen molar-refractivity contribution in [3.63, 3.8) is 0 Å². The van der Waals surface area contributed by atoms with Crippen LogP contribution < -0.4 is 5.32 Å². The molecule has 104 valence electrons. The van der Waals surface area contributed by atoms with Gasteiger partial charge in [0.1, 0.15) is 6.42 Å². The Morgan fingerprint density at radius 2 is 1.74 bits per heavy atom. The van der Waals surface area contributed by atoms with Crippen LogP contribution >= 0.6 is 0 Å². The second kappa shape index (κ2) is 6.36. The molecular weight excluding hydrogens is 240 g/mol. The summed E-state index contributed by atoms with van der Waals surface area (Å²) in [6.07, 6.45) is -0.111. The van der Waals surface area contributed by atoms with Crippen LogP contribution in [0.15, 0.2) is 30.3 Å². The van der Waals surface area contributed by atoms with Crippen molar-refractivity contribution in [1.82, 2.24) is 10.2 Å².